The predicted molar refractivity (Wildman–Crippen MR) is 140 cm³/mol. The van der Waals surface area contributed by atoms with Gasteiger partial charge in [0.1, 0.15) is 0 Å². The summed E-state index contributed by atoms with van der Waals surface area (Å²) in [6.07, 6.45) is 5.87. The van der Waals surface area contributed by atoms with E-state index in [2.05, 4.69) is 21.1 Å². The third-order valence-electron chi connectivity index (χ3n) is 5.33. The van der Waals surface area contributed by atoms with Crippen LogP contribution in [0.3, 0.4) is 0 Å². The van der Waals surface area contributed by atoms with E-state index >= 15 is 0 Å². The number of rotatable bonds is 15. The second-order valence-corrected chi connectivity index (χ2v) is 8.31. The van der Waals surface area contributed by atoms with Crippen molar-refractivity contribution in [1.82, 2.24) is 21.8 Å². The van der Waals surface area contributed by atoms with E-state index in [4.69, 9.17) is 10.4 Å². The lowest BCUT2D eigenvalue weighted by atomic mass is 10.0. The molecule has 0 aliphatic heterocycles. The quantitative estimate of drug-likeness (QED) is 0.0900. The van der Waals surface area contributed by atoms with E-state index in [0.29, 0.717) is 25.7 Å². The van der Waals surface area contributed by atoms with Crippen LogP contribution >= 0.6 is 0 Å². The molecule has 38 heavy (non-hydrogen) atoms. The minimum atomic E-state index is -0.476. The first-order valence-corrected chi connectivity index (χ1v) is 12.1. The molecule has 0 saturated carbocycles. The molecule has 2 aromatic rings. The third-order valence-corrected chi connectivity index (χ3v) is 5.33. The van der Waals surface area contributed by atoms with Crippen LogP contribution in [0.5, 0.6) is 0 Å². The van der Waals surface area contributed by atoms with Crippen molar-refractivity contribution in [3.8, 4) is 11.1 Å². The number of unbranched alkanes of at least 4 members (excludes halogenated alkanes) is 2. The smallest absolute Gasteiger partial charge is 0.243 e. The van der Waals surface area contributed by atoms with Crippen LogP contribution in [0, 0.1) is 0 Å². The zero-order valence-electron chi connectivity index (χ0n) is 20.9. The summed E-state index contributed by atoms with van der Waals surface area (Å²) in [4.78, 5) is 45.4. The maximum absolute atomic E-state index is 11.8. The second-order valence-electron chi connectivity index (χ2n) is 8.31. The Bertz CT molecular complexity index is 1030. The van der Waals surface area contributed by atoms with Crippen molar-refractivity contribution in [3.05, 3.63) is 59.7 Å². The largest absolute Gasteiger partial charge is 0.289 e. The summed E-state index contributed by atoms with van der Waals surface area (Å²) >= 11 is 0. The van der Waals surface area contributed by atoms with E-state index in [1.165, 1.54) is 0 Å². The molecule has 12 nitrogen and oxygen atoms in total. The Morgan fingerprint density at radius 1 is 0.553 bits per heavy atom. The number of carbonyl (C=O) groups excluding carboxylic acids is 4. The van der Waals surface area contributed by atoms with Crippen LogP contribution in [-0.4, -0.2) is 46.5 Å². The van der Waals surface area contributed by atoms with Crippen LogP contribution in [0.4, 0.5) is 0 Å². The highest BCUT2D eigenvalue weighted by molar-refractivity contribution is 5.85. The van der Waals surface area contributed by atoms with Crippen molar-refractivity contribution >= 4 is 36.1 Å². The van der Waals surface area contributed by atoms with Gasteiger partial charge in [-0.25, -0.2) is 21.8 Å². The molecule has 0 saturated heterocycles. The van der Waals surface area contributed by atoms with Gasteiger partial charge in [0.15, 0.2) is 0 Å². The highest BCUT2D eigenvalue weighted by atomic mass is 16.5. The van der Waals surface area contributed by atoms with Gasteiger partial charge in [-0.1, -0.05) is 48.5 Å². The number of nitrogens with one attached hydrogen (secondary N) is 4. The molecule has 12 heteroatoms. The molecular weight excluding hydrogens is 492 g/mol. The van der Waals surface area contributed by atoms with E-state index in [0.717, 1.165) is 22.3 Å². The van der Waals surface area contributed by atoms with Gasteiger partial charge in [0.05, 0.1) is 12.4 Å². The number of benzene rings is 2. The Labute approximate surface area is 220 Å². The monoisotopic (exact) mass is 524 g/mol. The molecule has 0 atom stereocenters. The molecule has 0 bridgehead atoms. The Balaban J connectivity index is 1.73. The number of nitrogens with zero attached hydrogens (tertiary/aromatic N) is 2. The van der Waals surface area contributed by atoms with Crippen molar-refractivity contribution in [2.75, 3.05) is 0 Å². The maximum atomic E-state index is 11.8. The summed E-state index contributed by atoms with van der Waals surface area (Å²) in [6.45, 7) is 0. The van der Waals surface area contributed by atoms with Crippen LogP contribution in [-0.2, 0) is 19.2 Å². The van der Waals surface area contributed by atoms with Crippen LogP contribution in [0.1, 0.15) is 62.5 Å². The molecule has 0 aliphatic carbocycles. The lowest BCUT2D eigenvalue weighted by Gasteiger charge is -2.04. The third kappa shape index (κ3) is 12.0. The molecule has 0 fully saturated rings. The summed E-state index contributed by atoms with van der Waals surface area (Å²) in [5, 5.41) is 24.7. The molecule has 0 aliphatic rings. The molecule has 202 valence electrons. The van der Waals surface area contributed by atoms with Gasteiger partial charge in [-0.15, -0.1) is 0 Å². The Hall–Kier alpha value is -4.42. The lowest BCUT2D eigenvalue weighted by molar-refractivity contribution is -0.130. The topological polar surface area (TPSA) is 182 Å². The van der Waals surface area contributed by atoms with Gasteiger partial charge < -0.3 is 0 Å². The molecule has 0 radical (unpaired) electrons. The van der Waals surface area contributed by atoms with Crippen molar-refractivity contribution < 1.29 is 29.6 Å². The Kier molecular flexibility index (Phi) is 13.4. The first-order valence-electron chi connectivity index (χ1n) is 12.1. The molecule has 0 heterocycles. The van der Waals surface area contributed by atoms with Crippen molar-refractivity contribution in [2.45, 2.75) is 51.4 Å². The first kappa shape index (κ1) is 29.8. The summed E-state index contributed by atoms with van der Waals surface area (Å²) in [7, 11) is 0. The molecular formula is C26H32N6O6. The fourth-order valence-electron chi connectivity index (χ4n) is 3.25. The molecule has 0 aromatic heterocycles. The van der Waals surface area contributed by atoms with Gasteiger partial charge in [0.2, 0.25) is 23.6 Å². The summed E-state index contributed by atoms with van der Waals surface area (Å²) in [6, 6.07) is 15.2. The average Bonchev–Trinajstić information content (AvgIpc) is 2.94. The normalized spacial score (nSPS) is 10.9. The van der Waals surface area contributed by atoms with E-state index < -0.39 is 11.8 Å². The minimum absolute atomic E-state index is 0.158. The van der Waals surface area contributed by atoms with E-state index in [9.17, 15) is 19.2 Å². The first-order chi connectivity index (χ1) is 18.4. The van der Waals surface area contributed by atoms with E-state index in [1.807, 2.05) is 48.5 Å². The highest BCUT2D eigenvalue weighted by Crippen LogP contribution is 2.19. The molecule has 2 rings (SSSR count). The van der Waals surface area contributed by atoms with Gasteiger partial charge in [-0.2, -0.15) is 10.2 Å². The van der Waals surface area contributed by atoms with Gasteiger partial charge in [0, 0.05) is 25.7 Å². The molecule has 6 N–H and O–H groups in total. The minimum Gasteiger partial charge on any atom is -0.289 e. The van der Waals surface area contributed by atoms with Crippen LogP contribution < -0.4 is 21.8 Å². The highest BCUT2D eigenvalue weighted by Gasteiger charge is 2.04. The van der Waals surface area contributed by atoms with Gasteiger partial charge >= 0.3 is 0 Å². The maximum Gasteiger partial charge on any atom is 0.243 e. The van der Waals surface area contributed by atoms with Crippen molar-refractivity contribution in [2.24, 2.45) is 10.2 Å². The predicted octanol–water partition coefficient (Wildman–Crippen LogP) is 2.39. The number of carbonyl (C=O) groups is 4. The average molecular weight is 525 g/mol. The van der Waals surface area contributed by atoms with Crippen molar-refractivity contribution in [3.63, 3.8) is 0 Å². The molecule has 4 amide bonds. The zero-order chi connectivity index (χ0) is 27.6. The number of hydrogen-bond donors (Lipinski definition) is 6. The summed E-state index contributed by atoms with van der Waals surface area (Å²) in [5.41, 5.74) is 11.6. The fourth-order valence-corrected chi connectivity index (χ4v) is 3.25. The lowest BCUT2D eigenvalue weighted by Crippen LogP contribution is -2.19. The summed E-state index contributed by atoms with van der Waals surface area (Å²) < 4.78 is 0. The number of hydroxylamine groups is 2. The van der Waals surface area contributed by atoms with Gasteiger partial charge in [-0.3, -0.25) is 29.6 Å². The Morgan fingerprint density at radius 2 is 0.868 bits per heavy atom. The second kappa shape index (κ2) is 17.1. The number of amides is 4. The van der Waals surface area contributed by atoms with Crippen LogP contribution in [0.25, 0.3) is 11.1 Å². The van der Waals surface area contributed by atoms with Gasteiger partial charge in [0.25, 0.3) is 0 Å². The van der Waals surface area contributed by atoms with E-state index in [1.54, 1.807) is 23.4 Å². The summed E-state index contributed by atoms with van der Waals surface area (Å²) in [5.74, 6) is -1.46. The van der Waals surface area contributed by atoms with Crippen LogP contribution in [0.15, 0.2) is 58.7 Å². The Morgan fingerprint density at radius 3 is 1.18 bits per heavy atom. The van der Waals surface area contributed by atoms with E-state index in [-0.39, 0.29) is 37.5 Å². The van der Waals surface area contributed by atoms with Crippen LogP contribution in [0.2, 0.25) is 0 Å². The van der Waals surface area contributed by atoms with Crippen molar-refractivity contribution in [1.29, 1.82) is 0 Å². The molecule has 0 unspecified atom stereocenters. The molecule has 0 spiro atoms. The molecule has 2 aromatic carbocycles. The standard InChI is InChI=1S/C26H32N6O6/c33-23(5-1-3-7-25(35)31-37)29-27-17-19-9-13-21(14-10-19)22-15-11-20(12-16-22)18-28-30-24(34)6-2-4-8-26(36)32-38/h9-18,37-38H,1-8H2,(H,29,33)(H,30,34)(H,31,35)(H,32,36)/b27-17+,28-18+. The fraction of sp³-hybridized carbons (Fsp3) is 0.308. The number of hydrogen-bond acceptors (Lipinski definition) is 8. The zero-order valence-corrected chi connectivity index (χ0v) is 20.9. The number of hydrazone groups is 2. The van der Waals surface area contributed by atoms with Gasteiger partial charge in [-0.05, 0) is 47.9 Å². The SMILES string of the molecule is O=C(CCCCC(=O)N/N=C/c1ccc(-c2ccc(/C=N/NC(=O)CCCCC(=O)NO)cc2)cc1)NO.